The maximum Gasteiger partial charge on any atom is 0.328 e. The van der Waals surface area contributed by atoms with E-state index < -0.39 is 17.9 Å². The maximum atomic E-state index is 13.1. The fraction of sp³-hybridized carbons (Fsp3) is 0.682. The van der Waals surface area contributed by atoms with E-state index >= 15 is 0 Å². The Labute approximate surface area is 168 Å². The molecular weight excluding hydrogens is 356 g/mol. The van der Waals surface area contributed by atoms with Gasteiger partial charge in [-0.3, -0.25) is 9.59 Å². The Morgan fingerprint density at radius 2 is 1.86 bits per heavy atom. The van der Waals surface area contributed by atoms with Crippen molar-refractivity contribution in [2.45, 2.75) is 85.7 Å². The van der Waals surface area contributed by atoms with Crippen LogP contribution in [0.5, 0.6) is 0 Å². The molecule has 0 bridgehead atoms. The smallest absolute Gasteiger partial charge is 0.328 e. The van der Waals surface area contributed by atoms with Crippen LogP contribution in [0.25, 0.3) is 0 Å². The zero-order valence-electron chi connectivity index (χ0n) is 18.3. The lowest BCUT2D eigenvalue weighted by molar-refractivity contribution is -0.143. The zero-order valence-corrected chi connectivity index (χ0v) is 18.3. The van der Waals surface area contributed by atoms with Crippen molar-refractivity contribution in [2.75, 3.05) is 7.11 Å². The van der Waals surface area contributed by atoms with Gasteiger partial charge in [0.2, 0.25) is 0 Å². The highest BCUT2D eigenvalue weighted by atomic mass is 16.5. The SMILES string of the molecule is CCCCn1c(CCC)c(CC)cc(C(=O)NC(CC(C)C)C(=O)OC)c1=O. The molecule has 0 saturated carbocycles. The molecule has 1 rings (SSSR count). The van der Waals surface area contributed by atoms with E-state index in [0.717, 1.165) is 43.4 Å². The molecule has 0 radical (unpaired) electrons. The van der Waals surface area contributed by atoms with E-state index in [9.17, 15) is 14.4 Å². The summed E-state index contributed by atoms with van der Waals surface area (Å²) in [5.41, 5.74) is 1.86. The van der Waals surface area contributed by atoms with Crippen LogP contribution in [0.2, 0.25) is 0 Å². The van der Waals surface area contributed by atoms with Crippen LogP contribution in [0.3, 0.4) is 0 Å². The molecule has 0 aliphatic heterocycles. The highest BCUT2D eigenvalue weighted by Gasteiger charge is 2.25. The molecule has 1 aromatic heterocycles. The Kier molecular flexibility index (Phi) is 9.97. The average Bonchev–Trinajstić information content (AvgIpc) is 2.66. The van der Waals surface area contributed by atoms with Gasteiger partial charge in [-0.25, -0.2) is 4.79 Å². The van der Waals surface area contributed by atoms with Gasteiger partial charge < -0.3 is 14.6 Å². The van der Waals surface area contributed by atoms with E-state index in [-0.39, 0.29) is 17.0 Å². The van der Waals surface area contributed by atoms with Crippen molar-refractivity contribution >= 4 is 11.9 Å². The monoisotopic (exact) mass is 392 g/mol. The molecule has 1 N–H and O–H groups in total. The minimum Gasteiger partial charge on any atom is -0.467 e. The van der Waals surface area contributed by atoms with Gasteiger partial charge in [0, 0.05) is 12.2 Å². The lowest BCUT2D eigenvalue weighted by atomic mass is 10.0. The quantitative estimate of drug-likeness (QED) is 0.585. The number of carbonyl (C=O) groups excluding carboxylic acids is 2. The average molecular weight is 393 g/mol. The van der Waals surface area contributed by atoms with Gasteiger partial charge in [-0.15, -0.1) is 0 Å². The van der Waals surface area contributed by atoms with E-state index in [1.54, 1.807) is 10.6 Å². The first-order valence-corrected chi connectivity index (χ1v) is 10.4. The molecule has 0 fully saturated rings. The number of aromatic nitrogens is 1. The van der Waals surface area contributed by atoms with E-state index in [1.807, 2.05) is 20.8 Å². The Morgan fingerprint density at radius 1 is 1.18 bits per heavy atom. The Bertz CT molecular complexity index is 722. The predicted octanol–water partition coefficient (Wildman–Crippen LogP) is 3.48. The number of hydrogen-bond donors (Lipinski definition) is 1. The van der Waals surface area contributed by atoms with Gasteiger partial charge in [-0.1, -0.05) is 47.5 Å². The molecule has 6 nitrogen and oxygen atoms in total. The number of carbonyl (C=O) groups is 2. The summed E-state index contributed by atoms with van der Waals surface area (Å²) in [6, 6.07) is 0.941. The number of rotatable bonds is 11. The summed E-state index contributed by atoms with van der Waals surface area (Å²) in [6.07, 6.45) is 4.79. The number of unbranched alkanes of at least 4 members (excludes halogenated alkanes) is 1. The molecule has 1 unspecified atom stereocenters. The number of nitrogens with zero attached hydrogens (tertiary/aromatic N) is 1. The second-order valence-electron chi connectivity index (χ2n) is 7.62. The molecule has 6 heteroatoms. The number of nitrogens with one attached hydrogen (secondary N) is 1. The van der Waals surface area contributed by atoms with Crippen molar-refractivity contribution in [1.29, 1.82) is 0 Å². The van der Waals surface area contributed by atoms with E-state index in [4.69, 9.17) is 4.74 Å². The molecule has 1 heterocycles. The standard InChI is InChI=1S/C22H36N2O4/c1-7-10-12-24-19(11-8-2)16(9-3)14-17(21(24)26)20(25)23-18(13-15(4)5)22(27)28-6/h14-15,18H,7-13H2,1-6H3,(H,23,25). The van der Waals surface area contributed by atoms with Crippen LogP contribution in [0.1, 0.15) is 81.9 Å². The summed E-state index contributed by atoms with van der Waals surface area (Å²) in [5, 5.41) is 2.72. The van der Waals surface area contributed by atoms with Gasteiger partial charge in [-0.2, -0.15) is 0 Å². The van der Waals surface area contributed by atoms with Gasteiger partial charge in [-0.05, 0) is 43.2 Å². The molecule has 1 aromatic rings. The summed E-state index contributed by atoms with van der Waals surface area (Å²) in [4.78, 5) is 38.1. The molecule has 0 aromatic carbocycles. The molecular formula is C22H36N2O4. The first-order valence-electron chi connectivity index (χ1n) is 10.4. The predicted molar refractivity (Wildman–Crippen MR) is 112 cm³/mol. The van der Waals surface area contributed by atoms with E-state index in [2.05, 4.69) is 19.2 Å². The molecule has 158 valence electrons. The molecule has 0 saturated heterocycles. The third-order valence-corrected chi connectivity index (χ3v) is 4.84. The van der Waals surface area contributed by atoms with Crippen molar-refractivity contribution < 1.29 is 14.3 Å². The summed E-state index contributed by atoms with van der Waals surface area (Å²) < 4.78 is 6.58. The Morgan fingerprint density at radius 3 is 2.36 bits per heavy atom. The number of esters is 1. The number of aryl methyl sites for hydroxylation is 1. The summed E-state index contributed by atoms with van der Waals surface area (Å²) >= 11 is 0. The highest BCUT2D eigenvalue weighted by molar-refractivity contribution is 5.96. The van der Waals surface area contributed by atoms with Gasteiger partial charge in [0.1, 0.15) is 11.6 Å². The van der Waals surface area contributed by atoms with Crippen LogP contribution in [0.4, 0.5) is 0 Å². The molecule has 0 spiro atoms. The minimum atomic E-state index is -0.763. The fourth-order valence-corrected chi connectivity index (χ4v) is 3.38. The zero-order chi connectivity index (χ0) is 21.3. The third-order valence-electron chi connectivity index (χ3n) is 4.84. The second kappa shape index (κ2) is 11.7. The van der Waals surface area contributed by atoms with Crippen LogP contribution in [-0.4, -0.2) is 29.6 Å². The number of amides is 1. The number of methoxy groups -OCH3 is 1. The number of pyridine rings is 1. The van der Waals surface area contributed by atoms with Crippen LogP contribution in [-0.2, 0) is 28.9 Å². The first-order chi connectivity index (χ1) is 13.3. The summed E-state index contributed by atoms with van der Waals surface area (Å²) in [5.74, 6) is -0.806. The van der Waals surface area contributed by atoms with Crippen LogP contribution >= 0.6 is 0 Å². The van der Waals surface area contributed by atoms with Gasteiger partial charge in [0.25, 0.3) is 11.5 Å². The van der Waals surface area contributed by atoms with Crippen molar-refractivity contribution in [3.63, 3.8) is 0 Å². The van der Waals surface area contributed by atoms with E-state index in [1.165, 1.54) is 7.11 Å². The van der Waals surface area contributed by atoms with Crippen molar-refractivity contribution in [3.8, 4) is 0 Å². The van der Waals surface area contributed by atoms with Crippen LogP contribution in [0, 0.1) is 5.92 Å². The molecule has 0 aliphatic carbocycles. The second-order valence-corrected chi connectivity index (χ2v) is 7.62. The minimum absolute atomic E-state index is 0.102. The number of hydrogen-bond acceptors (Lipinski definition) is 4. The molecule has 1 atom stereocenters. The van der Waals surface area contributed by atoms with Gasteiger partial charge in [0.15, 0.2) is 0 Å². The molecule has 28 heavy (non-hydrogen) atoms. The third kappa shape index (κ3) is 6.21. The van der Waals surface area contributed by atoms with Crippen LogP contribution in [0.15, 0.2) is 10.9 Å². The van der Waals surface area contributed by atoms with Crippen molar-refractivity contribution in [3.05, 3.63) is 33.2 Å². The largest absolute Gasteiger partial charge is 0.467 e. The Hall–Kier alpha value is -2.11. The van der Waals surface area contributed by atoms with Gasteiger partial charge in [0.05, 0.1) is 7.11 Å². The van der Waals surface area contributed by atoms with Crippen molar-refractivity contribution in [2.24, 2.45) is 5.92 Å². The number of ether oxygens (including phenoxy) is 1. The topological polar surface area (TPSA) is 77.4 Å². The van der Waals surface area contributed by atoms with Crippen molar-refractivity contribution in [1.82, 2.24) is 9.88 Å². The molecule has 0 aliphatic rings. The Balaban J connectivity index is 3.35. The normalized spacial score (nSPS) is 12.1. The summed E-state index contributed by atoms with van der Waals surface area (Å²) in [6.45, 7) is 10.7. The highest BCUT2D eigenvalue weighted by Crippen LogP contribution is 2.15. The summed E-state index contributed by atoms with van der Waals surface area (Å²) in [7, 11) is 1.30. The fourth-order valence-electron chi connectivity index (χ4n) is 3.38. The van der Waals surface area contributed by atoms with Gasteiger partial charge >= 0.3 is 5.97 Å². The lowest BCUT2D eigenvalue weighted by Crippen LogP contribution is -2.45. The lowest BCUT2D eigenvalue weighted by Gasteiger charge is -2.21. The maximum absolute atomic E-state index is 13.1. The molecule has 1 amide bonds. The van der Waals surface area contributed by atoms with E-state index in [0.29, 0.717) is 13.0 Å². The first kappa shape index (κ1) is 23.9. The van der Waals surface area contributed by atoms with Crippen LogP contribution < -0.4 is 10.9 Å².